The first-order chi connectivity index (χ1) is 5.22. The van der Waals surface area contributed by atoms with Crippen molar-refractivity contribution in [1.29, 1.82) is 0 Å². The molecule has 0 radical (unpaired) electrons. The molecule has 0 saturated carbocycles. The van der Waals surface area contributed by atoms with Crippen LogP contribution in [0.15, 0.2) is 0 Å². The van der Waals surface area contributed by atoms with E-state index in [1.165, 1.54) is 0 Å². The average Bonchev–Trinajstić information content (AvgIpc) is 2.03. The van der Waals surface area contributed by atoms with Gasteiger partial charge in [-0.15, -0.1) is 0 Å². The summed E-state index contributed by atoms with van der Waals surface area (Å²) in [6.45, 7) is 4.01. The summed E-state index contributed by atoms with van der Waals surface area (Å²) in [6, 6.07) is 0. The van der Waals surface area contributed by atoms with E-state index in [1.807, 2.05) is 6.92 Å². The molecule has 0 spiro atoms. The number of hydrogen-bond donors (Lipinski definition) is 2. The monoisotopic (exact) mass is 160 g/mol. The van der Waals surface area contributed by atoms with Gasteiger partial charge in [0, 0.05) is 0 Å². The molecule has 0 aliphatic heterocycles. The summed E-state index contributed by atoms with van der Waals surface area (Å²) in [6.07, 6.45) is 3.69. The molecule has 0 aromatic heterocycles. The van der Waals surface area contributed by atoms with Crippen LogP contribution in [0.1, 0.15) is 46.0 Å². The van der Waals surface area contributed by atoms with Gasteiger partial charge in [-0.2, -0.15) is 0 Å². The fraction of sp³-hybridized carbons (Fsp3) is 1.00. The Hall–Kier alpha value is -0.0800. The highest BCUT2D eigenvalue weighted by Crippen LogP contribution is 2.08. The Morgan fingerprint density at radius 3 is 2.09 bits per heavy atom. The van der Waals surface area contributed by atoms with Crippen LogP contribution in [0, 0.1) is 0 Å². The molecule has 0 aliphatic rings. The van der Waals surface area contributed by atoms with Gasteiger partial charge in [0.1, 0.15) is 0 Å². The summed E-state index contributed by atoms with van der Waals surface area (Å²) >= 11 is 0. The molecule has 11 heavy (non-hydrogen) atoms. The molecule has 0 saturated heterocycles. The normalized spacial score (nSPS) is 16.4. The predicted octanol–water partition coefficient (Wildman–Crippen LogP) is 1.70. The molecule has 2 unspecified atom stereocenters. The van der Waals surface area contributed by atoms with Crippen LogP contribution in [0.2, 0.25) is 0 Å². The van der Waals surface area contributed by atoms with Crippen molar-refractivity contribution in [1.82, 2.24) is 0 Å². The van der Waals surface area contributed by atoms with Gasteiger partial charge in [0.2, 0.25) is 0 Å². The van der Waals surface area contributed by atoms with Crippen LogP contribution < -0.4 is 0 Å². The quantitative estimate of drug-likeness (QED) is 0.581. The molecular weight excluding hydrogens is 140 g/mol. The van der Waals surface area contributed by atoms with Crippen molar-refractivity contribution in [2.75, 3.05) is 0 Å². The van der Waals surface area contributed by atoms with Crippen molar-refractivity contribution >= 4 is 0 Å². The van der Waals surface area contributed by atoms with Gasteiger partial charge in [-0.25, -0.2) is 0 Å². The number of hydrogen-bond acceptors (Lipinski definition) is 2. The van der Waals surface area contributed by atoms with Gasteiger partial charge in [0.25, 0.3) is 0 Å². The first kappa shape index (κ1) is 10.9. The minimum atomic E-state index is -0.521. The zero-order chi connectivity index (χ0) is 8.69. The third-order valence-electron chi connectivity index (χ3n) is 1.97. The molecule has 2 heteroatoms. The van der Waals surface area contributed by atoms with Crippen LogP contribution in [0.5, 0.6) is 0 Å². The van der Waals surface area contributed by atoms with Crippen molar-refractivity contribution in [3.63, 3.8) is 0 Å². The van der Waals surface area contributed by atoms with E-state index in [-0.39, 0.29) is 0 Å². The van der Waals surface area contributed by atoms with Gasteiger partial charge >= 0.3 is 0 Å². The number of aliphatic hydroxyl groups excluding tert-OH is 2. The SMILES string of the molecule is CCCCCC(O)C(O)CC. The number of rotatable bonds is 6. The molecule has 2 N–H and O–H groups in total. The molecule has 0 fully saturated rings. The van der Waals surface area contributed by atoms with Crippen molar-refractivity contribution in [3.05, 3.63) is 0 Å². The molecule has 0 aliphatic carbocycles. The topological polar surface area (TPSA) is 40.5 Å². The summed E-state index contributed by atoms with van der Waals surface area (Å²) in [4.78, 5) is 0. The highest BCUT2D eigenvalue weighted by molar-refractivity contribution is 4.64. The lowest BCUT2D eigenvalue weighted by Gasteiger charge is -2.15. The summed E-state index contributed by atoms with van der Waals surface area (Å²) in [5.74, 6) is 0. The lowest BCUT2D eigenvalue weighted by Crippen LogP contribution is -2.24. The Labute approximate surface area is 69.2 Å². The minimum absolute atomic E-state index is 0.508. The molecule has 0 bridgehead atoms. The number of unbranched alkanes of at least 4 members (excludes halogenated alkanes) is 2. The Bertz CT molecular complexity index is 83.6. The standard InChI is InChI=1S/C9H20O2/c1-3-5-6-7-9(11)8(10)4-2/h8-11H,3-7H2,1-2H3. The van der Waals surface area contributed by atoms with Gasteiger partial charge in [-0.1, -0.05) is 33.1 Å². The molecule has 0 amide bonds. The molecule has 0 rings (SSSR count). The van der Waals surface area contributed by atoms with Gasteiger partial charge < -0.3 is 10.2 Å². The zero-order valence-corrected chi connectivity index (χ0v) is 7.58. The van der Waals surface area contributed by atoms with Gasteiger partial charge in [-0.05, 0) is 12.8 Å². The van der Waals surface area contributed by atoms with Gasteiger partial charge in [0.15, 0.2) is 0 Å². The van der Waals surface area contributed by atoms with E-state index in [0.717, 1.165) is 25.7 Å². The Morgan fingerprint density at radius 1 is 1.00 bits per heavy atom. The fourth-order valence-electron chi connectivity index (χ4n) is 1.07. The lowest BCUT2D eigenvalue weighted by atomic mass is 10.0. The Morgan fingerprint density at radius 2 is 1.64 bits per heavy atom. The first-order valence-corrected chi connectivity index (χ1v) is 4.58. The highest BCUT2D eigenvalue weighted by Gasteiger charge is 2.12. The van der Waals surface area contributed by atoms with Crippen LogP contribution in [0.3, 0.4) is 0 Å². The predicted molar refractivity (Wildman–Crippen MR) is 46.4 cm³/mol. The van der Waals surface area contributed by atoms with E-state index in [1.54, 1.807) is 0 Å². The second-order valence-corrected chi connectivity index (χ2v) is 3.04. The highest BCUT2D eigenvalue weighted by atomic mass is 16.3. The molecule has 0 heterocycles. The molecule has 0 aromatic rings. The smallest absolute Gasteiger partial charge is 0.0799 e. The maximum atomic E-state index is 9.29. The van der Waals surface area contributed by atoms with Crippen LogP contribution >= 0.6 is 0 Å². The van der Waals surface area contributed by atoms with Crippen molar-refractivity contribution in [3.8, 4) is 0 Å². The van der Waals surface area contributed by atoms with Crippen molar-refractivity contribution in [2.24, 2.45) is 0 Å². The van der Waals surface area contributed by atoms with E-state index < -0.39 is 12.2 Å². The van der Waals surface area contributed by atoms with E-state index in [2.05, 4.69) is 6.92 Å². The molecule has 2 nitrogen and oxygen atoms in total. The van der Waals surface area contributed by atoms with E-state index in [0.29, 0.717) is 6.42 Å². The van der Waals surface area contributed by atoms with Crippen LogP contribution in [-0.2, 0) is 0 Å². The second kappa shape index (κ2) is 6.62. The summed E-state index contributed by atoms with van der Waals surface area (Å²) in [5, 5.41) is 18.5. The average molecular weight is 160 g/mol. The van der Waals surface area contributed by atoms with E-state index in [9.17, 15) is 10.2 Å². The van der Waals surface area contributed by atoms with Crippen molar-refractivity contribution < 1.29 is 10.2 Å². The largest absolute Gasteiger partial charge is 0.390 e. The van der Waals surface area contributed by atoms with Crippen LogP contribution in [0.4, 0.5) is 0 Å². The zero-order valence-electron chi connectivity index (χ0n) is 7.58. The summed E-state index contributed by atoms with van der Waals surface area (Å²) in [7, 11) is 0. The van der Waals surface area contributed by atoms with E-state index in [4.69, 9.17) is 0 Å². The fourth-order valence-corrected chi connectivity index (χ4v) is 1.07. The third kappa shape index (κ3) is 5.22. The molecular formula is C9H20O2. The minimum Gasteiger partial charge on any atom is -0.390 e. The maximum Gasteiger partial charge on any atom is 0.0799 e. The van der Waals surface area contributed by atoms with E-state index >= 15 is 0 Å². The summed E-state index contributed by atoms with van der Waals surface area (Å²) in [5.41, 5.74) is 0. The summed E-state index contributed by atoms with van der Waals surface area (Å²) < 4.78 is 0. The van der Waals surface area contributed by atoms with Gasteiger partial charge in [-0.3, -0.25) is 0 Å². The molecule has 2 atom stereocenters. The van der Waals surface area contributed by atoms with Crippen LogP contribution in [-0.4, -0.2) is 22.4 Å². The van der Waals surface area contributed by atoms with Gasteiger partial charge in [0.05, 0.1) is 12.2 Å². The maximum absolute atomic E-state index is 9.29. The first-order valence-electron chi connectivity index (χ1n) is 4.58. The molecule has 0 aromatic carbocycles. The Balaban J connectivity index is 3.28. The van der Waals surface area contributed by atoms with Crippen LogP contribution in [0.25, 0.3) is 0 Å². The Kier molecular flexibility index (Phi) is 6.57. The third-order valence-corrected chi connectivity index (χ3v) is 1.97. The van der Waals surface area contributed by atoms with Crippen molar-refractivity contribution in [2.45, 2.75) is 58.2 Å². The molecule has 68 valence electrons. The lowest BCUT2D eigenvalue weighted by molar-refractivity contribution is 0.0114. The number of aliphatic hydroxyl groups is 2. The second-order valence-electron chi connectivity index (χ2n) is 3.04.